The maximum atomic E-state index is 11.6. The topological polar surface area (TPSA) is 53.5 Å². The van der Waals surface area contributed by atoms with Gasteiger partial charge in [0, 0.05) is 18.1 Å². The quantitative estimate of drug-likeness (QED) is 0.793. The third-order valence-corrected chi connectivity index (χ3v) is 2.88. The minimum atomic E-state index is -0.231. The van der Waals surface area contributed by atoms with Gasteiger partial charge in [-0.3, -0.25) is 4.99 Å². The Hall–Kier alpha value is -1.81. The van der Waals surface area contributed by atoms with Gasteiger partial charge in [-0.05, 0) is 30.4 Å². The molecule has 19 heavy (non-hydrogen) atoms. The zero-order chi connectivity index (χ0) is 13.7. The lowest BCUT2D eigenvalue weighted by atomic mass is 10.2. The fourth-order valence-corrected chi connectivity index (χ4v) is 2.00. The number of amides is 2. The van der Waals surface area contributed by atoms with Crippen LogP contribution in [0.1, 0.15) is 6.92 Å². The molecule has 0 saturated carbocycles. The van der Waals surface area contributed by atoms with Crippen molar-refractivity contribution in [1.82, 2.24) is 10.6 Å². The van der Waals surface area contributed by atoms with Crippen molar-refractivity contribution in [2.24, 2.45) is 4.99 Å². The van der Waals surface area contributed by atoms with Gasteiger partial charge < -0.3 is 10.6 Å². The molecule has 1 aliphatic heterocycles. The molecule has 0 spiro atoms. The third kappa shape index (κ3) is 3.83. The summed E-state index contributed by atoms with van der Waals surface area (Å²) in [5.41, 5.74) is 0.879. The highest BCUT2D eigenvalue weighted by atomic mass is 35.5. The van der Waals surface area contributed by atoms with Gasteiger partial charge >= 0.3 is 6.03 Å². The van der Waals surface area contributed by atoms with Crippen LogP contribution in [0.25, 0.3) is 6.08 Å². The maximum absolute atomic E-state index is 11.6. The van der Waals surface area contributed by atoms with Gasteiger partial charge in [-0.25, -0.2) is 4.79 Å². The predicted molar refractivity (Wildman–Crippen MR) is 76.5 cm³/mol. The van der Waals surface area contributed by atoms with Crippen LogP contribution in [-0.4, -0.2) is 24.5 Å². The number of alkyl halides is 1. The molecule has 4 nitrogen and oxygen atoms in total. The molecule has 1 aromatic carbocycles. The Morgan fingerprint density at radius 2 is 2.16 bits per heavy atom. The molecule has 0 radical (unpaired) electrons. The minimum absolute atomic E-state index is 0.178. The van der Waals surface area contributed by atoms with Crippen LogP contribution >= 0.6 is 11.6 Å². The molecule has 1 aliphatic rings. The van der Waals surface area contributed by atoms with Gasteiger partial charge in [0.2, 0.25) is 0 Å². The molecule has 0 saturated heterocycles. The average molecular weight is 278 g/mol. The number of carbonyl (C=O) groups excluding carboxylic acids is 1. The van der Waals surface area contributed by atoms with Crippen LogP contribution in [0.5, 0.6) is 0 Å². The number of allylic oxidation sites excluding steroid dienone is 1. The van der Waals surface area contributed by atoms with E-state index in [9.17, 15) is 4.79 Å². The number of carbonyl (C=O) groups is 1. The second-order valence-corrected chi connectivity index (χ2v) is 4.64. The van der Waals surface area contributed by atoms with E-state index in [4.69, 9.17) is 11.6 Å². The number of urea groups is 1. The lowest BCUT2D eigenvalue weighted by molar-refractivity contribution is 0.241. The Bertz CT molecular complexity index is 609. The molecule has 5 heteroatoms. The molecule has 0 bridgehead atoms. The van der Waals surface area contributed by atoms with E-state index in [1.807, 2.05) is 43.3 Å². The van der Waals surface area contributed by atoms with E-state index >= 15 is 0 Å². The zero-order valence-electron chi connectivity index (χ0n) is 10.7. The molecule has 0 fully saturated rings. The summed E-state index contributed by atoms with van der Waals surface area (Å²) in [6.07, 6.45) is 3.90. The van der Waals surface area contributed by atoms with E-state index in [2.05, 4.69) is 15.6 Å². The van der Waals surface area contributed by atoms with Gasteiger partial charge in [-0.1, -0.05) is 18.2 Å². The van der Waals surface area contributed by atoms with Crippen LogP contribution in [-0.2, 0) is 0 Å². The first-order chi connectivity index (χ1) is 9.19. The number of fused-ring (bicyclic) bond motifs is 1. The van der Waals surface area contributed by atoms with Crippen molar-refractivity contribution in [2.45, 2.75) is 13.0 Å². The third-order valence-electron chi connectivity index (χ3n) is 2.69. The van der Waals surface area contributed by atoms with Gasteiger partial charge in [-0.2, -0.15) is 0 Å². The monoisotopic (exact) mass is 277 g/mol. The van der Waals surface area contributed by atoms with Crippen molar-refractivity contribution in [1.29, 1.82) is 0 Å². The second kappa shape index (κ2) is 6.38. The molecular formula is C14H16ClN3O. The smallest absolute Gasteiger partial charge is 0.315 e. The van der Waals surface area contributed by atoms with E-state index in [1.165, 1.54) is 0 Å². The molecule has 2 amide bonds. The summed E-state index contributed by atoms with van der Waals surface area (Å²) in [4.78, 5) is 16.1. The van der Waals surface area contributed by atoms with E-state index in [-0.39, 0.29) is 12.1 Å². The van der Waals surface area contributed by atoms with Crippen LogP contribution in [0.3, 0.4) is 0 Å². The first kappa shape index (κ1) is 13.6. The lowest BCUT2D eigenvalue weighted by Gasteiger charge is -2.11. The van der Waals surface area contributed by atoms with Crippen LogP contribution in [0, 0.1) is 0 Å². The summed E-state index contributed by atoms with van der Waals surface area (Å²) < 4.78 is 0. The number of hydrogen-bond donors (Lipinski definition) is 2. The van der Waals surface area contributed by atoms with Gasteiger partial charge in [0.25, 0.3) is 0 Å². The van der Waals surface area contributed by atoms with E-state index in [0.29, 0.717) is 12.4 Å². The largest absolute Gasteiger partial charge is 0.337 e. The first-order valence-electron chi connectivity index (χ1n) is 6.13. The number of benzene rings is 1. The standard InChI is InChI=1S/C14H16ClN3O/c1-10-8-12(18-14(19)16-7-6-15)9-11-4-2-3-5-13(11)17-10/h2-5,8-9,12H,6-7H2,1H3,(H2,16,18,19). The molecule has 1 heterocycles. The van der Waals surface area contributed by atoms with Crippen LogP contribution in [0.2, 0.25) is 0 Å². The Morgan fingerprint density at radius 1 is 1.37 bits per heavy atom. The fourth-order valence-electron chi connectivity index (χ4n) is 1.91. The Kier molecular flexibility index (Phi) is 4.58. The summed E-state index contributed by atoms with van der Waals surface area (Å²) in [6, 6.07) is 7.43. The van der Waals surface area contributed by atoms with Crippen LogP contribution in [0.15, 0.2) is 41.0 Å². The highest BCUT2D eigenvalue weighted by Gasteiger charge is 2.08. The average Bonchev–Trinajstić information content (AvgIpc) is 2.53. The molecule has 2 N–H and O–H groups in total. The Morgan fingerprint density at radius 3 is 2.95 bits per heavy atom. The molecule has 1 aromatic rings. The highest BCUT2D eigenvalue weighted by Crippen LogP contribution is 2.00. The first-order valence-corrected chi connectivity index (χ1v) is 6.67. The summed E-state index contributed by atoms with van der Waals surface area (Å²) in [7, 11) is 0. The summed E-state index contributed by atoms with van der Waals surface area (Å²) in [5, 5.41) is 7.47. The number of halogens is 1. The number of hydrogen-bond acceptors (Lipinski definition) is 2. The second-order valence-electron chi connectivity index (χ2n) is 4.26. The molecule has 2 rings (SSSR count). The Labute approximate surface area is 116 Å². The minimum Gasteiger partial charge on any atom is -0.337 e. The van der Waals surface area contributed by atoms with Gasteiger partial charge in [0.15, 0.2) is 0 Å². The molecule has 1 atom stereocenters. The highest BCUT2D eigenvalue weighted by molar-refractivity contribution is 6.18. The fraction of sp³-hybridized carbons (Fsp3) is 0.286. The summed E-state index contributed by atoms with van der Waals surface area (Å²) in [6.45, 7) is 2.37. The predicted octanol–water partition coefficient (Wildman–Crippen LogP) is 0.911. The summed E-state index contributed by atoms with van der Waals surface area (Å²) >= 11 is 5.53. The SMILES string of the molecule is CC1=CC(NC(=O)NCCCl)C=c2ccccc2=N1. The van der Waals surface area contributed by atoms with Crippen molar-refractivity contribution >= 4 is 23.7 Å². The number of nitrogens with zero attached hydrogens (tertiary/aromatic N) is 1. The van der Waals surface area contributed by atoms with E-state index < -0.39 is 0 Å². The lowest BCUT2D eigenvalue weighted by Crippen LogP contribution is -2.42. The van der Waals surface area contributed by atoms with Crippen LogP contribution < -0.4 is 21.2 Å². The molecule has 1 unspecified atom stereocenters. The molecule has 0 aliphatic carbocycles. The summed E-state index contributed by atoms with van der Waals surface area (Å²) in [5.74, 6) is 0.398. The van der Waals surface area contributed by atoms with Gasteiger partial charge in [-0.15, -0.1) is 11.6 Å². The van der Waals surface area contributed by atoms with Gasteiger partial charge in [0.1, 0.15) is 0 Å². The van der Waals surface area contributed by atoms with Crippen molar-refractivity contribution in [3.05, 3.63) is 46.6 Å². The van der Waals surface area contributed by atoms with Crippen molar-refractivity contribution in [3.8, 4) is 0 Å². The number of nitrogens with one attached hydrogen (secondary N) is 2. The zero-order valence-corrected chi connectivity index (χ0v) is 11.4. The van der Waals surface area contributed by atoms with E-state index in [1.54, 1.807) is 0 Å². The van der Waals surface area contributed by atoms with E-state index in [0.717, 1.165) is 16.3 Å². The van der Waals surface area contributed by atoms with Crippen LogP contribution in [0.4, 0.5) is 4.79 Å². The van der Waals surface area contributed by atoms with Crippen molar-refractivity contribution < 1.29 is 4.79 Å². The Balaban J connectivity index is 2.21. The normalized spacial score (nSPS) is 17.2. The molecule has 100 valence electrons. The van der Waals surface area contributed by atoms with Gasteiger partial charge in [0.05, 0.1) is 11.4 Å². The van der Waals surface area contributed by atoms with Crippen molar-refractivity contribution in [3.63, 3.8) is 0 Å². The molecule has 0 aromatic heterocycles. The number of rotatable bonds is 3. The maximum Gasteiger partial charge on any atom is 0.315 e. The molecular weight excluding hydrogens is 262 g/mol. The van der Waals surface area contributed by atoms with Crippen molar-refractivity contribution in [2.75, 3.05) is 12.4 Å². The number of para-hydroxylation sites is 1.